The molecule has 30 heavy (non-hydrogen) atoms. The average molecular weight is 460 g/mol. The van der Waals surface area contributed by atoms with Gasteiger partial charge in [0.15, 0.2) is 5.84 Å². The Kier molecular flexibility index (Phi) is 5.61. The zero-order chi connectivity index (χ0) is 21.6. The normalized spacial score (nSPS) is 17.5. The van der Waals surface area contributed by atoms with Gasteiger partial charge in [0, 0.05) is 11.4 Å². The molecule has 0 atom stereocenters. The van der Waals surface area contributed by atoms with Crippen LogP contribution in [-0.4, -0.2) is 31.5 Å². The summed E-state index contributed by atoms with van der Waals surface area (Å²) in [6.07, 6.45) is 3.43. The van der Waals surface area contributed by atoms with Crippen molar-refractivity contribution in [3.05, 3.63) is 56.8 Å². The lowest BCUT2D eigenvalue weighted by atomic mass is 10.1. The predicted molar refractivity (Wildman–Crippen MR) is 125 cm³/mol. The lowest BCUT2D eigenvalue weighted by Gasteiger charge is -2.20. The van der Waals surface area contributed by atoms with Crippen LogP contribution >= 0.6 is 35.0 Å². The zero-order valence-electron chi connectivity index (χ0n) is 16.7. The second kappa shape index (κ2) is 8.06. The van der Waals surface area contributed by atoms with Crippen LogP contribution in [0.25, 0.3) is 11.8 Å². The number of hydrazone groups is 1. The molecule has 1 aromatic heterocycles. The van der Waals surface area contributed by atoms with Crippen molar-refractivity contribution in [1.29, 1.82) is 5.41 Å². The summed E-state index contributed by atoms with van der Waals surface area (Å²) < 4.78 is 1.98. The summed E-state index contributed by atoms with van der Waals surface area (Å²) >= 11 is 14.0. The second-order valence-corrected chi connectivity index (χ2v) is 8.82. The Bertz CT molecular complexity index is 1180. The zero-order valence-corrected chi connectivity index (χ0v) is 19.0. The number of rotatable bonds is 4. The predicted octanol–water partition coefficient (Wildman–Crippen LogP) is 5.82. The Hall–Kier alpha value is -2.35. The van der Waals surface area contributed by atoms with Gasteiger partial charge in [-0.15, -0.1) is 0 Å². The van der Waals surface area contributed by atoms with Gasteiger partial charge in [-0.3, -0.25) is 10.2 Å². The average Bonchev–Trinajstić information content (AvgIpc) is 3.22. The number of thioether (sulfide) groups is 1. The van der Waals surface area contributed by atoms with E-state index in [0.717, 1.165) is 40.5 Å². The molecule has 1 aromatic carbocycles. The highest BCUT2D eigenvalue weighted by atomic mass is 35.5. The Balaban J connectivity index is 1.75. The molecule has 6 nitrogen and oxygen atoms in total. The SMILES string of the molecule is CCCC1=NN2C(=N)C(=Cc3cc(C)n(-c4cccc(Cl)c4Cl)c3C)C(=O)N=C2S1. The van der Waals surface area contributed by atoms with Crippen LogP contribution in [0.4, 0.5) is 0 Å². The molecular weight excluding hydrogens is 441 g/mol. The molecule has 0 saturated heterocycles. The van der Waals surface area contributed by atoms with Crippen LogP contribution in [0.3, 0.4) is 0 Å². The summed E-state index contributed by atoms with van der Waals surface area (Å²) in [7, 11) is 0. The summed E-state index contributed by atoms with van der Waals surface area (Å²) in [5.41, 5.74) is 3.59. The van der Waals surface area contributed by atoms with Gasteiger partial charge < -0.3 is 4.57 Å². The van der Waals surface area contributed by atoms with Gasteiger partial charge >= 0.3 is 0 Å². The lowest BCUT2D eigenvalue weighted by molar-refractivity contribution is -0.114. The maximum Gasteiger partial charge on any atom is 0.283 e. The standard InChI is InChI=1S/C21H19Cl2N5OS/c1-4-6-17-26-28-19(24)14(20(29)25-21(28)30-17)10-13-9-11(2)27(12(13)3)16-8-5-7-15(22)18(16)23/h5,7-10,24H,4,6H2,1-3H3. The van der Waals surface area contributed by atoms with Crippen LogP contribution in [0.2, 0.25) is 10.0 Å². The van der Waals surface area contributed by atoms with Gasteiger partial charge in [-0.1, -0.05) is 36.2 Å². The Morgan fingerprint density at radius 2 is 2.03 bits per heavy atom. The molecule has 0 fully saturated rings. The fourth-order valence-corrected chi connectivity index (χ4v) is 4.84. The van der Waals surface area contributed by atoms with E-state index in [-0.39, 0.29) is 11.4 Å². The van der Waals surface area contributed by atoms with E-state index >= 15 is 0 Å². The van der Waals surface area contributed by atoms with Crippen molar-refractivity contribution in [1.82, 2.24) is 9.58 Å². The smallest absolute Gasteiger partial charge is 0.283 e. The fourth-order valence-electron chi connectivity index (χ4n) is 3.47. The molecule has 0 unspecified atom stereocenters. The number of aromatic nitrogens is 1. The molecule has 4 rings (SSSR count). The van der Waals surface area contributed by atoms with E-state index in [9.17, 15) is 4.79 Å². The summed E-state index contributed by atoms with van der Waals surface area (Å²) in [5.74, 6) is -0.397. The molecule has 1 N–H and O–H groups in total. The van der Waals surface area contributed by atoms with Crippen LogP contribution in [0.5, 0.6) is 0 Å². The molecule has 0 spiro atoms. The van der Waals surface area contributed by atoms with Gasteiger partial charge in [0.25, 0.3) is 5.91 Å². The number of hydrogen-bond acceptors (Lipinski definition) is 4. The van der Waals surface area contributed by atoms with E-state index in [0.29, 0.717) is 15.2 Å². The fraction of sp³-hybridized carbons (Fsp3) is 0.238. The highest BCUT2D eigenvalue weighted by molar-refractivity contribution is 8.26. The topological polar surface area (TPSA) is 73.8 Å². The number of amidine groups is 2. The Labute approximate surface area is 188 Å². The summed E-state index contributed by atoms with van der Waals surface area (Å²) in [5, 5.41) is 16.7. The molecule has 2 aromatic rings. The van der Waals surface area contributed by atoms with Gasteiger partial charge in [-0.05, 0) is 68.3 Å². The molecule has 3 heterocycles. The molecule has 154 valence electrons. The highest BCUT2D eigenvalue weighted by Crippen LogP contribution is 2.33. The van der Waals surface area contributed by atoms with Gasteiger partial charge in [-0.2, -0.15) is 15.1 Å². The summed E-state index contributed by atoms with van der Waals surface area (Å²) in [6.45, 7) is 5.95. The number of nitrogens with zero attached hydrogens (tertiary/aromatic N) is 4. The molecule has 2 aliphatic heterocycles. The van der Waals surface area contributed by atoms with Crippen molar-refractivity contribution < 1.29 is 4.79 Å². The Morgan fingerprint density at radius 1 is 1.27 bits per heavy atom. The van der Waals surface area contributed by atoms with Crippen LogP contribution < -0.4 is 0 Å². The third-order valence-electron chi connectivity index (χ3n) is 4.90. The number of nitrogens with one attached hydrogen (secondary N) is 1. The van der Waals surface area contributed by atoms with E-state index in [4.69, 9.17) is 28.6 Å². The first kappa shape index (κ1) is 20.9. The number of aryl methyl sites for hydroxylation is 1. The van der Waals surface area contributed by atoms with E-state index in [1.165, 1.54) is 16.8 Å². The molecule has 0 aliphatic carbocycles. The van der Waals surface area contributed by atoms with Gasteiger partial charge in [0.2, 0.25) is 5.17 Å². The van der Waals surface area contributed by atoms with Gasteiger partial charge in [0.05, 0.1) is 21.3 Å². The third-order valence-corrected chi connectivity index (χ3v) is 6.68. The van der Waals surface area contributed by atoms with E-state index in [2.05, 4.69) is 17.0 Å². The van der Waals surface area contributed by atoms with Crippen LogP contribution in [0.1, 0.15) is 36.7 Å². The van der Waals surface area contributed by atoms with Crippen molar-refractivity contribution >= 4 is 63.0 Å². The first-order valence-corrected chi connectivity index (χ1v) is 11.0. The number of carbonyl (C=O) groups is 1. The molecule has 0 saturated carbocycles. The molecule has 0 radical (unpaired) electrons. The first-order valence-electron chi connectivity index (χ1n) is 9.44. The quantitative estimate of drug-likeness (QED) is 0.585. The van der Waals surface area contributed by atoms with Crippen LogP contribution in [0.15, 0.2) is 39.9 Å². The largest absolute Gasteiger partial charge is 0.316 e. The van der Waals surface area contributed by atoms with Crippen molar-refractivity contribution in [2.45, 2.75) is 33.6 Å². The van der Waals surface area contributed by atoms with E-state index < -0.39 is 5.91 Å². The minimum Gasteiger partial charge on any atom is -0.316 e. The van der Waals surface area contributed by atoms with E-state index in [1.807, 2.05) is 36.6 Å². The number of fused-ring (bicyclic) bond motifs is 1. The third kappa shape index (κ3) is 3.51. The maximum atomic E-state index is 12.7. The van der Waals surface area contributed by atoms with Crippen LogP contribution in [0, 0.1) is 19.3 Å². The van der Waals surface area contributed by atoms with Crippen molar-refractivity contribution in [2.24, 2.45) is 10.1 Å². The Morgan fingerprint density at radius 3 is 2.77 bits per heavy atom. The molecule has 2 aliphatic rings. The highest BCUT2D eigenvalue weighted by Gasteiger charge is 2.35. The number of carbonyl (C=O) groups excluding carboxylic acids is 1. The number of halogens is 2. The number of amides is 1. The minimum atomic E-state index is -0.433. The van der Waals surface area contributed by atoms with Gasteiger partial charge in [0.1, 0.15) is 5.04 Å². The summed E-state index contributed by atoms with van der Waals surface area (Å²) in [4.78, 5) is 16.8. The minimum absolute atomic E-state index is 0.0363. The molecular formula is C21H19Cl2N5OS. The monoisotopic (exact) mass is 459 g/mol. The van der Waals surface area contributed by atoms with Gasteiger partial charge in [-0.25, -0.2) is 0 Å². The lowest BCUT2D eigenvalue weighted by Crippen LogP contribution is -2.35. The number of hydrogen-bond donors (Lipinski definition) is 1. The molecule has 1 amide bonds. The van der Waals surface area contributed by atoms with Crippen molar-refractivity contribution in [3.8, 4) is 5.69 Å². The number of benzene rings is 1. The van der Waals surface area contributed by atoms with E-state index in [1.54, 1.807) is 12.1 Å². The van der Waals surface area contributed by atoms with Crippen molar-refractivity contribution in [2.75, 3.05) is 0 Å². The maximum absolute atomic E-state index is 12.7. The first-order chi connectivity index (χ1) is 14.3. The second-order valence-electron chi connectivity index (χ2n) is 7.00. The van der Waals surface area contributed by atoms with Crippen LogP contribution in [-0.2, 0) is 4.79 Å². The molecule has 0 bridgehead atoms. The number of aliphatic imine (C=N–C) groups is 1. The summed E-state index contributed by atoms with van der Waals surface area (Å²) in [6, 6.07) is 7.42. The molecule has 9 heteroatoms. The van der Waals surface area contributed by atoms with Crippen molar-refractivity contribution in [3.63, 3.8) is 0 Å².